The predicted molar refractivity (Wildman–Crippen MR) is 82.1 cm³/mol. The first kappa shape index (κ1) is 16.3. The van der Waals surface area contributed by atoms with Gasteiger partial charge in [-0.05, 0) is 19.8 Å². The third-order valence-electron chi connectivity index (χ3n) is 3.88. The molecule has 0 aliphatic rings. The second kappa shape index (κ2) is 11.1. The van der Waals surface area contributed by atoms with Gasteiger partial charge in [-0.25, -0.2) is 9.13 Å². The number of rotatable bonds is 12. The lowest BCUT2D eigenvalue weighted by atomic mass is 10.1. The molecule has 0 spiro atoms. The third-order valence-corrected chi connectivity index (χ3v) is 3.88. The van der Waals surface area contributed by atoms with Crippen LogP contribution in [0.2, 0.25) is 0 Å². The number of hydrogen-bond donors (Lipinski definition) is 0. The molecule has 1 heterocycles. The Labute approximate surface area is 119 Å². The van der Waals surface area contributed by atoms with Gasteiger partial charge in [0.1, 0.15) is 12.4 Å². The third kappa shape index (κ3) is 8.07. The van der Waals surface area contributed by atoms with Gasteiger partial charge in [0.15, 0.2) is 0 Å². The molecule has 0 saturated carbocycles. The van der Waals surface area contributed by atoms with E-state index in [9.17, 15) is 0 Å². The molecule has 2 nitrogen and oxygen atoms in total. The van der Waals surface area contributed by atoms with E-state index in [1.54, 1.807) is 0 Å². The zero-order chi connectivity index (χ0) is 13.8. The largest absolute Gasteiger partial charge is 0.243 e. The van der Waals surface area contributed by atoms with Gasteiger partial charge in [-0.2, -0.15) is 0 Å². The van der Waals surface area contributed by atoms with Crippen LogP contribution in [0.3, 0.4) is 0 Å². The summed E-state index contributed by atoms with van der Waals surface area (Å²) in [5.74, 6) is 0. The van der Waals surface area contributed by atoms with Crippen molar-refractivity contribution >= 4 is 0 Å². The molecule has 2 heteroatoms. The van der Waals surface area contributed by atoms with E-state index in [4.69, 9.17) is 0 Å². The van der Waals surface area contributed by atoms with Crippen LogP contribution >= 0.6 is 0 Å². The minimum atomic E-state index is 1.07. The number of imidazole rings is 1. The highest BCUT2D eigenvalue weighted by atomic mass is 15.1. The maximum absolute atomic E-state index is 2.31. The lowest BCUT2D eigenvalue weighted by molar-refractivity contribution is -0.693. The number of aromatic nitrogens is 2. The van der Waals surface area contributed by atoms with Gasteiger partial charge in [0.2, 0.25) is 6.33 Å². The fraction of sp³-hybridized carbons (Fsp3) is 0.824. The summed E-state index contributed by atoms with van der Waals surface area (Å²) < 4.78 is 4.55. The van der Waals surface area contributed by atoms with E-state index in [1.165, 1.54) is 70.8 Å². The van der Waals surface area contributed by atoms with Crippen molar-refractivity contribution in [2.45, 2.75) is 91.1 Å². The molecule has 19 heavy (non-hydrogen) atoms. The fourth-order valence-corrected chi connectivity index (χ4v) is 2.54. The first-order chi connectivity index (χ1) is 9.36. The van der Waals surface area contributed by atoms with Crippen LogP contribution in [0.1, 0.15) is 78.1 Å². The summed E-state index contributed by atoms with van der Waals surface area (Å²) >= 11 is 0. The van der Waals surface area contributed by atoms with Gasteiger partial charge >= 0.3 is 0 Å². The molecule has 0 amide bonds. The average molecular weight is 265 g/mol. The summed E-state index contributed by atoms with van der Waals surface area (Å²) in [5.41, 5.74) is 0. The van der Waals surface area contributed by atoms with Crippen molar-refractivity contribution in [1.82, 2.24) is 4.57 Å². The van der Waals surface area contributed by atoms with E-state index >= 15 is 0 Å². The summed E-state index contributed by atoms with van der Waals surface area (Å²) in [6.45, 7) is 6.73. The van der Waals surface area contributed by atoms with Crippen LogP contribution in [0.4, 0.5) is 0 Å². The molecule has 0 radical (unpaired) electrons. The van der Waals surface area contributed by atoms with Crippen molar-refractivity contribution < 1.29 is 4.57 Å². The summed E-state index contributed by atoms with van der Waals surface area (Å²) in [6, 6.07) is 0. The van der Waals surface area contributed by atoms with Crippen LogP contribution < -0.4 is 4.57 Å². The normalized spacial score (nSPS) is 11.1. The summed E-state index contributed by atoms with van der Waals surface area (Å²) in [7, 11) is 0. The van der Waals surface area contributed by atoms with Crippen molar-refractivity contribution in [3.63, 3.8) is 0 Å². The quantitative estimate of drug-likeness (QED) is 0.382. The molecule has 0 bridgehead atoms. The van der Waals surface area contributed by atoms with Gasteiger partial charge in [-0.3, -0.25) is 0 Å². The lowest BCUT2D eigenvalue weighted by Gasteiger charge is -2.01. The van der Waals surface area contributed by atoms with Crippen LogP contribution in [0.15, 0.2) is 18.7 Å². The minimum Gasteiger partial charge on any atom is -0.237 e. The summed E-state index contributed by atoms with van der Waals surface area (Å²) in [4.78, 5) is 0. The molecule has 1 aromatic rings. The van der Waals surface area contributed by atoms with E-state index in [-0.39, 0.29) is 0 Å². The second-order valence-corrected chi connectivity index (χ2v) is 5.66. The minimum absolute atomic E-state index is 1.07. The van der Waals surface area contributed by atoms with Crippen molar-refractivity contribution in [2.75, 3.05) is 0 Å². The maximum atomic E-state index is 2.31. The Balaban J connectivity index is 1.86. The molecule has 1 aromatic heterocycles. The Bertz CT molecular complexity index is 304. The maximum Gasteiger partial charge on any atom is 0.243 e. The summed E-state index contributed by atoms with van der Waals surface area (Å²) in [6.07, 6.45) is 20.7. The van der Waals surface area contributed by atoms with E-state index in [2.05, 4.69) is 41.7 Å². The van der Waals surface area contributed by atoms with Crippen LogP contribution in [-0.4, -0.2) is 4.57 Å². The highest BCUT2D eigenvalue weighted by Gasteiger charge is 2.00. The van der Waals surface area contributed by atoms with E-state index < -0.39 is 0 Å². The smallest absolute Gasteiger partial charge is 0.237 e. The molecule has 1 rings (SSSR count). The SMILES string of the molecule is CCCCCCCCCCCCn1cc[n+](CC)c1. The molecule has 0 aromatic carbocycles. The molecule has 0 unspecified atom stereocenters. The Morgan fingerprint density at radius 3 is 1.89 bits per heavy atom. The number of unbranched alkanes of at least 4 members (excludes halogenated alkanes) is 9. The van der Waals surface area contributed by atoms with Crippen molar-refractivity contribution in [1.29, 1.82) is 0 Å². The van der Waals surface area contributed by atoms with Crippen molar-refractivity contribution in [3.05, 3.63) is 18.7 Å². The predicted octanol–water partition coefficient (Wildman–Crippen LogP) is 4.72. The molecular weight excluding hydrogens is 232 g/mol. The molecule has 0 aliphatic carbocycles. The van der Waals surface area contributed by atoms with Crippen LogP contribution in [0, 0.1) is 0 Å². The molecule has 110 valence electrons. The highest BCUT2D eigenvalue weighted by Crippen LogP contribution is 2.10. The van der Waals surface area contributed by atoms with Gasteiger partial charge in [0.05, 0.1) is 13.1 Å². The lowest BCUT2D eigenvalue weighted by Crippen LogP contribution is -2.28. The zero-order valence-electron chi connectivity index (χ0n) is 13.1. The summed E-state index contributed by atoms with van der Waals surface area (Å²) in [5, 5.41) is 0. The standard InChI is InChI=1S/C17H33N2/c1-3-5-6-7-8-9-10-11-12-13-14-19-16-15-18(4-2)17-19/h15-17H,3-14H2,1-2H3/q+1. The number of aryl methyl sites for hydroxylation is 2. The van der Waals surface area contributed by atoms with Gasteiger partial charge in [0.25, 0.3) is 0 Å². The van der Waals surface area contributed by atoms with Crippen LogP contribution in [-0.2, 0) is 13.1 Å². The van der Waals surface area contributed by atoms with Gasteiger partial charge in [-0.1, -0.05) is 58.3 Å². The van der Waals surface area contributed by atoms with Gasteiger partial charge < -0.3 is 0 Å². The number of hydrogen-bond acceptors (Lipinski definition) is 0. The Morgan fingerprint density at radius 1 is 0.789 bits per heavy atom. The Hall–Kier alpha value is -0.790. The number of nitrogens with zero attached hydrogens (tertiary/aromatic N) is 2. The van der Waals surface area contributed by atoms with Crippen molar-refractivity contribution in [2.24, 2.45) is 0 Å². The first-order valence-electron chi connectivity index (χ1n) is 8.41. The molecule has 0 atom stereocenters. The van der Waals surface area contributed by atoms with E-state index in [0.717, 1.165) is 6.54 Å². The Morgan fingerprint density at radius 2 is 1.37 bits per heavy atom. The van der Waals surface area contributed by atoms with Crippen LogP contribution in [0.5, 0.6) is 0 Å². The molecule has 0 aliphatic heterocycles. The zero-order valence-corrected chi connectivity index (χ0v) is 13.1. The van der Waals surface area contributed by atoms with Gasteiger partial charge in [-0.15, -0.1) is 0 Å². The monoisotopic (exact) mass is 265 g/mol. The van der Waals surface area contributed by atoms with E-state index in [1.807, 2.05) is 0 Å². The fourth-order valence-electron chi connectivity index (χ4n) is 2.54. The molecule has 0 fully saturated rings. The van der Waals surface area contributed by atoms with Crippen LogP contribution in [0.25, 0.3) is 0 Å². The molecular formula is C17H33N2+. The highest BCUT2D eigenvalue weighted by molar-refractivity contribution is 4.65. The van der Waals surface area contributed by atoms with Gasteiger partial charge in [0, 0.05) is 0 Å². The van der Waals surface area contributed by atoms with Crippen molar-refractivity contribution in [3.8, 4) is 0 Å². The average Bonchev–Trinajstić information content (AvgIpc) is 2.89. The Kier molecular flexibility index (Phi) is 9.48. The topological polar surface area (TPSA) is 8.81 Å². The second-order valence-electron chi connectivity index (χ2n) is 5.66. The first-order valence-corrected chi connectivity index (χ1v) is 8.41. The molecule has 0 N–H and O–H groups in total. The molecule has 0 saturated heterocycles. The van der Waals surface area contributed by atoms with E-state index in [0.29, 0.717) is 0 Å².